The van der Waals surface area contributed by atoms with Crippen LogP contribution >= 0.6 is 0 Å². The molecule has 1 saturated carbocycles. The maximum absolute atomic E-state index is 12.8. The van der Waals surface area contributed by atoms with E-state index in [1.54, 1.807) is 0 Å². The second-order valence-corrected chi connectivity index (χ2v) is 8.61. The van der Waals surface area contributed by atoms with E-state index >= 15 is 0 Å². The molecule has 3 aromatic rings. The third kappa shape index (κ3) is 3.42. The molecule has 1 fully saturated rings. The van der Waals surface area contributed by atoms with Crippen LogP contribution in [-0.4, -0.2) is 21.3 Å². The fraction of sp³-hybridized carbons (Fsp3) is 0.500. The van der Waals surface area contributed by atoms with Gasteiger partial charge in [0.05, 0.1) is 12.2 Å². The normalized spacial score (nSPS) is 16.7. The van der Waals surface area contributed by atoms with E-state index in [1.807, 2.05) is 4.68 Å². The van der Waals surface area contributed by atoms with Gasteiger partial charge in [-0.15, -0.1) is 0 Å². The lowest BCUT2D eigenvalue weighted by Gasteiger charge is -2.25. The number of aryl methyl sites for hydroxylation is 1. The van der Waals surface area contributed by atoms with Gasteiger partial charge >= 0.3 is 0 Å². The zero-order chi connectivity index (χ0) is 19.8. The Balaban J connectivity index is 1.59. The highest BCUT2D eigenvalue weighted by Crippen LogP contribution is 2.41. The van der Waals surface area contributed by atoms with Gasteiger partial charge in [0.1, 0.15) is 5.65 Å². The predicted molar refractivity (Wildman–Crippen MR) is 117 cm³/mol. The standard InChI is InChI=1S/C24H30N4O/c1-2-25-14-16-7-5-8-17(13-16)15-28-23-21(22(27-28)18-9-6-10-18)19-11-3-4-12-20(19)24(29)26-23/h5,7-8,13,18,25H,2-4,6,9-12,14-15H2,1H3,(H,26,29). The Morgan fingerprint density at radius 3 is 2.69 bits per heavy atom. The minimum atomic E-state index is 0.0920. The van der Waals surface area contributed by atoms with Crippen molar-refractivity contribution >= 4 is 11.0 Å². The van der Waals surface area contributed by atoms with Crippen molar-refractivity contribution in [2.24, 2.45) is 0 Å². The highest BCUT2D eigenvalue weighted by Gasteiger charge is 2.29. The Morgan fingerprint density at radius 1 is 1.14 bits per heavy atom. The number of nitrogens with one attached hydrogen (secondary N) is 2. The van der Waals surface area contributed by atoms with Crippen LogP contribution in [0.1, 0.15) is 72.9 Å². The zero-order valence-corrected chi connectivity index (χ0v) is 17.3. The lowest BCUT2D eigenvalue weighted by Crippen LogP contribution is -2.20. The van der Waals surface area contributed by atoms with Gasteiger partial charge in [0, 0.05) is 23.4 Å². The maximum Gasteiger partial charge on any atom is 0.253 e. The summed E-state index contributed by atoms with van der Waals surface area (Å²) in [4.78, 5) is 16.0. The van der Waals surface area contributed by atoms with Gasteiger partial charge < -0.3 is 10.3 Å². The molecule has 0 spiro atoms. The number of H-pyrrole nitrogens is 1. The van der Waals surface area contributed by atoms with E-state index in [9.17, 15) is 4.79 Å². The molecular formula is C24H30N4O. The van der Waals surface area contributed by atoms with Crippen molar-refractivity contribution in [1.82, 2.24) is 20.1 Å². The number of hydrogen-bond acceptors (Lipinski definition) is 3. The minimum absolute atomic E-state index is 0.0920. The van der Waals surface area contributed by atoms with Gasteiger partial charge in [-0.2, -0.15) is 5.10 Å². The van der Waals surface area contributed by atoms with Crippen LogP contribution in [0.25, 0.3) is 11.0 Å². The quantitative estimate of drug-likeness (QED) is 0.668. The van der Waals surface area contributed by atoms with Crippen molar-refractivity contribution in [1.29, 1.82) is 0 Å². The molecule has 2 aliphatic rings. The van der Waals surface area contributed by atoms with Crippen LogP contribution < -0.4 is 10.9 Å². The first-order chi connectivity index (χ1) is 14.2. The summed E-state index contributed by atoms with van der Waals surface area (Å²) in [5, 5.41) is 9.73. The molecule has 0 saturated heterocycles. The second kappa shape index (κ2) is 7.79. The Morgan fingerprint density at radius 2 is 1.93 bits per heavy atom. The molecule has 2 aromatic heterocycles. The van der Waals surface area contributed by atoms with Crippen LogP contribution in [-0.2, 0) is 25.9 Å². The van der Waals surface area contributed by atoms with Crippen molar-refractivity contribution < 1.29 is 0 Å². The summed E-state index contributed by atoms with van der Waals surface area (Å²) in [7, 11) is 0. The molecule has 0 radical (unpaired) electrons. The number of fused-ring (bicyclic) bond motifs is 3. The molecule has 2 aliphatic carbocycles. The molecule has 2 heterocycles. The number of benzene rings is 1. The van der Waals surface area contributed by atoms with Gasteiger partial charge in [-0.1, -0.05) is 37.6 Å². The average molecular weight is 391 g/mol. The van der Waals surface area contributed by atoms with Crippen LogP contribution in [0, 0.1) is 0 Å². The Kier molecular flexibility index (Phi) is 5.00. The summed E-state index contributed by atoms with van der Waals surface area (Å²) in [6, 6.07) is 8.68. The number of aromatic nitrogens is 3. The molecule has 1 aromatic carbocycles. The Hall–Kier alpha value is -2.40. The second-order valence-electron chi connectivity index (χ2n) is 8.61. The third-order valence-electron chi connectivity index (χ3n) is 6.65. The van der Waals surface area contributed by atoms with Gasteiger partial charge in [0.25, 0.3) is 5.56 Å². The molecule has 0 amide bonds. The van der Waals surface area contributed by atoms with Crippen molar-refractivity contribution in [3.63, 3.8) is 0 Å². The molecular weight excluding hydrogens is 360 g/mol. The topological polar surface area (TPSA) is 62.7 Å². The number of nitrogens with zero attached hydrogens (tertiary/aromatic N) is 2. The zero-order valence-electron chi connectivity index (χ0n) is 17.3. The first-order valence-corrected chi connectivity index (χ1v) is 11.2. The van der Waals surface area contributed by atoms with Gasteiger partial charge in [-0.05, 0) is 61.8 Å². The maximum atomic E-state index is 12.8. The van der Waals surface area contributed by atoms with Crippen LogP contribution in [0.4, 0.5) is 0 Å². The highest BCUT2D eigenvalue weighted by atomic mass is 16.1. The lowest BCUT2D eigenvalue weighted by molar-refractivity contribution is 0.408. The summed E-state index contributed by atoms with van der Waals surface area (Å²) < 4.78 is 2.05. The molecule has 2 N–H and O–H groups in total. The predicted octanol–water partition coefficient (Wildman–Crippen LogP) is 4.03. The van der Waals surface area contributed by atoms with E-state index in [0.717, 1.165) is 43.6 Å². The summed E-state index contributed by atoms with van der Waals surface area (Å²) >= 11 is 0. The fourth-order valence-electron chi connectivity index (χ4n) is 4.88. The van der Waals surface area contributed by atoms with Crippen molar-refractivity contribution in [2.75, 3.05) is 6.54 Å². The van der Waals surface area contributed by atoms with E-state index in [-0.39, 0.29) is 5.56 Å². The van der Waals surface area contributed by atoms with Crippen LogP contribution in [0.2, 0.25) is 0 Å². The van der Waals surface area contributed by atoms with Gasteiger partial charge in [0.2, 0.25) is 0 Å². The largest absolute Gasteiger partial charge is 0.313 e. The van der Waals surface area contributed by atoms with E-state index in [4.69, 9.17) is 5.10 Å². The molecule has 29 heavy (non-hydrogen) atoms. The first kappa shape index (κ1) is 18.6. The van der Waals surface area contributed by atoms with Crippen LogP contribution in [0.3, 0.4) is 0 Å². The molecule has 5 rings (SSSR count). The average Bonchev–Trinajstić information content (AvgIpc) is 3.03. The molecule has 0 atom stereocenters. The van der Waals surface area contributed by atoms with Gasteiger partial charge in [0.15, 0.2) is 0 Å². The van der Waals surface area contributed by atoms with E-state index < -0.39 is 0 Å². The number of pyridine rings is 1. The monoisotopic (exact) mass is 390 g/mol. The number of rotatable bonds is 6. The van der Waals surface area contributed by atoms with Crippen molar-refractivity contribution in [3.8, 4) is 0 Å². The summed E-state index contributed by atoms with van der Waals surface area (Å²) in [6.07, 6.45) is 7.94. The SMILES string of the molecule is CCNCc1cccc(Cn2nc(C3CCC3)c3c4c(c(=O)[nH]c32)CCCC4)c1. The third-order valence-corrected chi connectivity index (χ3v) is 6.65. The minimum Gasteiger partial charge on any atom is -0.313 e. The first-order valence-electron chi connectivity index (χ1n) is 11.2. The Bertz CT molecular complexity index is 1090. The van der Waals surface area contributed by atoms with Crippen molar-refractivity contribution in [3.05, 3.63) is 62.6 Å². The summed E-state index contributed by atoms with van der Waals surface area (Å²) in [6.45, 7) is 4.66. The van der Waals surface area contributed by atoms with Crippen LogP contribution in [0.5, 0.6) is 0 Å². The molecule has 152 valence electrons. The lowest BCUT2D eigenvalue weighted by atomic mass is 9.80. The fourth-order valence-corrected chi connectivity index (χ4v) is 4.88. The van der Waals surface area contributed by atoms with Crippen LogP contribution in [0.15, 0.2) is 29.1 Å². The number of hydrogen-bond donors (Lipinski definition) is 2. The molecule has 0 bridgehead atoms. The summed E-state index contributed by atoms with van der Waals surface area (Å²) in [5.74, 6) is 0.552. The van der Waals surface area contributed by atoms with E-state index in [1.165, 1.54) is 53.5 Å². The van der Waals surface area contributed by atoms with Gasteiger partial charge in [-0.3, -0.25) is 4.79 Å². The van der Waals surface area contributed by atoms with E-state index in [2.05, 4.69) is 41.5 Å². The Labute approximate surface area is 171 Å². The van der Waals surface area contributed by atoms with Crippen molar-refractivity contribution in [2.45, 2.75) is 70.9 Å². The smallest absolute Gasteiger partial charge is 0.253 e. The molecule has 0 unspecified atom stereocenters. The highest BCUT2D eigenvalue weighted by molar-refractivity contribution is 5.84. The molecule has 0 aliphatic heterocycles. The molecule has 5 heteroatoms. The summed E-state index contributed by atoms with van der Waals surface area (Å²) in [5.41, 5.74) is 7.04. The van der Waals surface area contributed by atoms with Gasteiger partial charge in [-0.25, -0.2) is 4.68 Å². The van der Waals surface area contributed by atoms with E-state index in [0.29, 0.717) is 12.5 Å². The molecule has 5 nitrogen and oxygen atoms in total. The number of aromatic amines is 1.